The van der Waals surface area contributed by atoms with Crippen molar-refractivity contribution in [3.63, 3.8) is 0 Å². The fourth-order valence-corrected chi connectivity index (χ4v) is 7.78. The third-order valence-corrected chi connectivity index (χ3v) is 9.04. The van der Waals surface area contributed by atoms with E-state index in [1.165, 1.54) is 13.3 Å². The number of hydrogen-bond donors (Lipinski definition) is 0. The number of aryl methyl sites for hydroxylation is 1. The third-order valence-electron chi connectivity index (χ3n) is 9.04. The standard InChI is InChI=1S/C21H30N2O4/c1-12(24)26-18-7-6-14-13-4-5-16-19-17(22-27-23(19)25)9-11-20(16,2)15(13)8-10-21(14,18)3/h13-16,18H,4-11H2,1-3H3/t13-,14-,15-,16-,18?,20+,21-/m0/s1. The zero-order chi connectivity index (χ0) is 19.0. The summed E-state index contributed by atoms with van der Waals surface area (Å²) in [5.41, 5.74) is 1.95. The summed E-state index contributed by atoms with van der Waals surface area (Å²) in [5, 5.41) is 16.3. The Labute approximate surface area is 160 Å². The zero-order valence-corrected chi connectivity index (χ0v) is 16.6. The minimum Gasteiger partial charge on any atom is -0.462 e. The van der Waals surface area contributed by atoms with Crippen molar-refractivity contribution in [3.05, 3.63) is 16.6 Å². The number of esters is 1. The minimum absolute atomic E-state index is 0.0753. The highest BCUT2D eigenvalue weighted by Crippen LogP contribution is 2.67. The number of carbonyl (C=O) groups excluding carboxylic acids is 1. The van der Waals surface area contributed by atoms with Crippen LogP contribution >= 0.6 is 0 Å². The van der Waals surface area contributed by atoms with Gasteiger partial charge in [0.1, 0.15) is 6.10 Å². The first-order chi connectivity index (χ1) is 12.8. The second kappa shape index (κ2) is 5.71. The van der Waals surface area contributed by atoms with Crippen molar-refractivity contribution in [3.8, 4) is 0 Å². The summed E-state index contributed by atoms with van der Waals surface area (Å²) in [5.74, 6) is 2.05. The van der Waals surface area contributed by atoms with Crippen LogP contribution in [0.15, 0.2) is 4.63 Å². The zero-order valence-electron chi connectivity index (χ0n) is 16.6. The summed E-state index contributed by atoms with van der Waals surface area (Å²) in [6.07, 6.45) is 8.66. The monoisotopic (exact) mass is 374 g/mol. The van der Waals surface area contributed by atoms with Gasteiger partial charge in [0, 0.05) is 29.8 Å². The van der Waals surface area contributed by atoms with Crippen molar-refractivity contribution in [2.24, 2.45) is 28.6 Å². The summed E-state index contributed by atoms with van der Waals surface area (Å²) < 4.78 is 10.7. The van der Waals surface area contributed by atoms with Gasteiger partial charge in [-0.05, 0) is 73.0 Å². The predicted octanol–water partition coefficient (Wildman–Crippen LogP) is 3.51. The van der Waals surface area contributed by atoms with Crippen LogP contribution in [0.4, 0.5) is 0 Å². The summed E-state index contributed by atoms with van der Waals surface area (Å²) in [6, 6.07) is 0. The quantitative estimate of drug-likeness (QED) is 0.555. The summed E-state index contributed by atoms with van der Waals surface area (Å²) in [7, 11) is 0. The van der Waals surface area contributed by atoms with Crippen LogP contribution in [0, 0.1) is 33.8 Å². The summed E-state index contributed by atoms with van der Waals surface area (Å²) in [6.45, 7) is 6.30. The highest BCUT2D eigenvalue weighted by atomic mass is 16.8. The molecule has 3 saturated carbocycles. The van der Waals surface area contributed by atoms with Gasteiger partial charge in [0.15, 0.2) is 0 Å². The van der Waals surface area contributed by atoms with Crippen molar-refractivity contribution in [2.45, 2.75) is 84.2 Å². The van der Waals surface area contributed by atoms with Gasteiger partial charge >= 0.3 is 5.97 Å². The number of fused-ring (bicyclic) bond motifs is 7. The number of ether oxygens (including phenoxy) is 1. The van der Waals surface area contributed by atoms with Crippen LogP contribution in [0.3, 0.4) is 0 Å². The first-order valence-corrected chi connectivity index (χ1v) is 10.6. The second-order valence-corrected chi connectivity index (χ2v) is 9.99. The maximum absolute atomic E-state index is 12.2. The van der Waals surface area contributed by atoms with Crippen LogP contribution < -0.4 is 4.90 Å². The van der Waals surface area contributed by atoms with Gasteiger partial charge in [-0.1, -0.05) is 13.8 Å². The molecule has 0 aromatic carbocycles. The lowest BCUT2D eigenvalue weighted by Crippen LogP contribution is -2.54. The molecule has 27 heavy (non-hydrogen) atoms. The topological polar surface area (TPSA) is 79.3 Å². The van der Waals surface area contributed by atoms with Gasteiger partial charge in [-0.2, -0.15) is 0 Å². The minimum atomic E-state index is -0.146. The molecule has 4 aliphatic rings. The molecule has 1 unspecified atom stereocenters. The molecular weight excluding hydrogens is 344 g/mol. The molecule has 0 bridgehead atoms. The van der Waals surface area contributed by atoms with Gasteiger partial charge in [-0.15, -0.1) is 0 Å². The van der Waals surface area contributed by atoms with Crippen molar-refractivity contribution >= 4 is 5.97 Å². The Kier molecular flexibility index (Phi) is 3.70. The first kappa shape index (κ1) is 17.5. The number of hydrogen-bond acceptors (Lipinski definition) is 5. The smallest absolute Gasteiger partial charge is 0.302 e. The van der Waals surface area contributed by atoms with Crippen LogP contribution in [0.1, 0.15) is 83.0 Å². The largest absolute Gasteiger partial charge is 0.462 e. The molecule has 3 fully saturated rings. The van der Waals surface area contributed by atoms with E-state index in [0.717, 1.165) is 56.3 Å². The molecule has 0 aliphatic heterocycles. The normalized spacial score (nSPS) is 45.4. The average Bonchev–Trinajstić information content (AvgIpc) is 3.15. The molecule has 6 nitrogen and oxygen atoms in total. The average molecular weight is 374 g/mol. The summed E-state index contributed by atoms with van der Waals surface area (Å²) >= 11 is 0. The third kappa shape index (κ3) is 2.27. The number of nitrogens with zero attached hydrogens (tertiary/aromatic N) is 2. The highest BCUT2D eigenvalue weighted by molar-refractivity contribution is 5.66. The molecule has 1 heterocycles. The van der Waals surface area contributed by atoms with E-state index in [-0.39, 0.29) is 28.8 Å². The van der Waals surface area contributed by atoms with E-state index in [4.69, 9.17) is 9.37 Å². The van der Waals surface area contributed by atoms with Crippen LogP contribution in [-0.4, -0.2) is 17.2 Å². The molecule has 0 amide bonds. The van der Waals surface area contributed by atoms with Crippen LogP contribution in [-0.2, 0) is 16.0 Å². The lowest BCUT2D eigenvalue weighted by Gasteiger charge is -2.59. The number of rotatable bonds is 1. The molecule has 148 valence electrons. The molecule has 0 saturated heterocycles. The molecular formula is C21H30N2O4. The van der Waals surface area contributed by atoms with E-state index in [1.807, 2.05) is 0 Å². The Morgan fingerprint density at radius 1 is 1.15 bits per heavy atom. The van der Waals surface area contributed by atoms with E-state index in [0.29, 0.717) is 22.7 Å². The van der Waals surface area contributed by atoms with Crippen molar-refractivity contribution in [1.82, 2.24) is 5.16 Å². The number of aromatic nitrogens is 2. The fraction of sp³-hybridized carbons (Fsp3) is 0.857. The molecule has 0 N–H and O–H groups in total. The van der Waals surface area contributed by atoms with E-state index < -0.39 is 0 Å². The highest BCUT2D eigenvalue weighted by Gasteiger charge is 2.62. The maximum Gasteiger partial charge on any atom is 0.302 e. The maximum atomic E-state index is 12.2. The number of carbonyl (C=O) groups is 1. The molecule has 7 atom stereocenters. The summed E-state index contributed by atoms with van der Waals surface area (Å²) in [4.78, 5) is 12.3. The molecule has 1 aromatic rings. The van der Waals surface area contributed by atoms with Crippen LogP contribution in [0.25, 0.3) is 0 Å². The molecule has 4 aliphatic carbocycles. The van der Waals surface area contributed by atoms with Gasteiger partial charge in [0.25, 0.3) is 0 Å². The Balaban J connectivity index is 1.46. The fourth-order valence-electron chi connectivity index (χ4n) is 7.78. The Morgan fingerprint density at radius 3 is 2.70 bits per heavy atom. The lowest BCUT2D eigenvalue weighted by atomic mass is 9.45. The molecule has 6 heteroatoms. The SMILES string of the molecule is CC(=O)OC1CC[C@H]2[C@@H]3CC[C@H]4c5c(no[n+]5[O-])CC[C@]4(C)[C@H]3CC[C@]12C. The van der Waals surface area contributed by atoms with E-state index in [2.05, 4.69) is 19.0 Å². The molecule has 1 aromatic heterocycles. The lowest BCUT2D eigenvalue weighted by molar-refractivity contribution is -0.809. The van der Waals surface area contributed by atoms with Crippen LogP contribution in [0.2, 0.25) is 0 Å². The Morgan fingerprint density at radius 2 is 1.93 bits per heavy atom. The van der Waals surface area contributed by atoms with Gasteiger partial charge < -0.3 is 9.94 Å². The van der Waals surface area contributed by atoms with E-state index >= 15 is 0 Å². The first-order valence-electron chi connectivity index (χ1n) is 10.6. The molecule has 0 spiro atoms. The van der Waals surface area contributed by atoms with Gasteiger partial charge in [-0.25, -0.2) is 0 Å². The van der Waals surface area contributed by atoms with Crippen molar-refractivity contribution < 1.29 is 19.1 Å². The second-order valence-electron chi connectivity index (χ2n) is 9.99. The Hall–Kier alpha value is -1.59. The van der Waals surface area contributed by atoms with Crippen molar-refractivity contribution in [2.75, 3.05) is 0 Å². The van der Waals surface area contributed by atoms with Gasteiger partial charge in [0.2, 0.25) is 11.4 Å². The Bertz CT molecular complexity index is 776. The van der Waals surface area contributed by atoms with Crippen molar-refractivity contribution in [1.29, 1.82) is 0 Å². The van der Waals surface area contributed by atoms with Crippen LogP contribution in [0.5, 0.6) is 0 Å². The predicted molar refractivity (Wildman–Crippen MR) is 96.5 cm³/mol. The van der Waals surface area contributed by atoms with Gasteiger partial charge in [-0.3, -0.25) is 9.42 Å². The molecule has 5 rings (SSSR count). The van der Waals surface area contributed by atoms with E-state index in [1.54, 1.807) is 0 Å². The van der Waals surface area contributed by atoms with Gasteiger partial charge in [0.05, 0.1) is 0 Å². The molecule has 0 radical (unpaired) electrons. The van der Waals surface area contributed by atoms with E-state index in [9.17, 15) is 10.0 Å².